The molecule has 2 aliphatic rings. The zero-order valence-electron chi connectivity index (χ0n) is 11.5. The lowest BCUT2D eigenvalue weighted by atomic mass is 10.3. The van der Waals surface area contributed by atoms with E-state index >= 15 is 0 Å². The highest BCUT2D eigenvalue weighted by Crippen LogP contribution is 2.40. The normalized spacial score (nSPS) is 21.8. The highest BCUT2D eigenvalue weighted by atomic mass is 35.5. The molecule has 1 aromatic carbocycles. The Morgan fingerprint density at radius 1 is 1.29 bits per heavy atom. The van der Waals surface area contributed by atoms with Crippen LogP contribution in [0.3, 0.4) is 0 Å². The van der Waals surface area contributed by atoms with Crippen LogP contribution >= 0.6 is 23.1 Å². The van der Waals surface area contributed by atoms with E-state index in [1.54, 1.807) is 0 Å². The van der Waals surface area contributed by atoms with E-state index in [0.29, 0.717) is 10.9 Å². The zero-order valence-corrected chi connectivity index (χ0v) is 13.1. The minimum atomic E-state index is 0.191. The SMILES string of the molecule is Clc1cccc(OC2CCN(c3nc(C4CC4)ns3)C2)c1. The highest BCUT2D eigenvalue weighted by molar-refractivity contribution is 7.09. The number of halogens is 1. The Morgan fingerprint density at radius 2 is 2.19 bits per heavy atom. The molecule has 0 N–H and O–H groups in total. The van der Waals surface area contributed by atoms with Crippen molar-refractivity contribution in [2.45, 2.75) is 31.3 Å². The number of nitrogens with zero attached hydrogens (tertiary/aromatic N) is 3. The van der Waals surface area contributed by atoms with Crippen LogP contribution in [0.15, 0.2) is 24.3 Å². The molecule has 110 valence electrons. The number of aromatic nitrogens is 2. The smallest absolute Gasteiger partial charge is 0.205 e. The van der Waals surface area contributed by atoms with Gasteiger partial charge in [-0.25, -0.2) is 4.98 Å². The van der Waals surface area contributed by atoms with Crippen LogP contribution in [0.1, 0.15) is 31.0 Å². The summed E-state index contributed by atoms with van der Waals surface area (Å²) < 4.78 is 10.5. The molecular weight excluding hydrogens is 306 g/mol. The van der Waals surface area contributed by atoms with Crippen molar-refractivity contribution >= 4 is 28.3 Å². The predicted molar refractivity (Wildman–Crippen MR) is 84.6 cm³/mol. The first-order valence-corrected chi connectivity index (χ1v) is 8.44. The highest BCUT2D eigenvalue weighted by Gasteiger charge is 2.31. The van der Waals surface area contributed by atoms with Gasteiger partial charge >= 0.3 is 0 Å². The average Bonchev–Trinajstić information content (AvgIpc) is 3.02. The van der Waals surface area contributed by atoms with Gasteiger partial charge in [0.15, 0.2) is 0 Å². The van der Waals surface area contributed by atoms with Crippen LogP contribution in [0.2, 0.25) is 5.02 Å². The van der Waals surface area contributed by atoms with Crippen LogP contribution < -0.4 is 9.64 Å². The molecule has 4 rings (SSSR count). The van der Waals surface area contributed by atoms with E-state index in [-0.39, 0.29) is 6.10 Å². The van der Waals surface area contributed by atoms with Gasteiger partial charge in [-0.1, -0.05) is 17.7 Å². The first-order valence-electron chi connectivity index (χ1n) is 7.29. The summed E-state index contributed by atoms with van der Waals surface area (Å²) in [6.45, 7) is 1.84. The minimum absolute atomic E-state index is 0.191. The quantitative estimate of drug-likeness (QED) is 0.860. The third kappa shape index (κ3) is 2.99. The molecule has 2 heterocycles. The van der Waals surface area contributed by atoms with Crippen molar-refractivity contribution in [2.24, 2.45) is 0 Å². The van der Waals surface area contributed by atoms with Gasteiger partial charge in [-0.15, -0.1) is 0 Å². The Bertz CT molecular complexity index is 643. The van der Waals surface area contributed by atoms with Crippen LogP contribution in [0, 0.1) is 0 Å². The Kier molecular flexibility index (Phi) is 3.47. The molecule has 6 heteroatoms. The molecule has 1 saturated carbocycles. The van der Waals surface area contributed by atoms with E-state index in [9.17, 15) is 0 Å². The molecule has 1 aliphatic carbocycles. The fourth-order valence-electron chi connectivity index (χ4n) is 2.59. The summed E-state index contributed by atoms with van der Waals surface area (Å²) in [6, 6.07) is 7.58. The molecule has 4 nitrogen and oxygen atoms in total. The molecule has 1 unspecified atom stereocenters. The van der Waals surface area contributed by atoms with Crippen molar-refractivity contribution in [3.8, 4) is 5.75 Å². The van der Waals surface area contributed by atoms with Crippen molar-refractivity contribution in [3.63, 3.8) is 0 Å². The third-order valence-electron chi connectivity index (χ3n) is 3.89. The second-order valence-corrected chi connectivity index (χ2v) is 6.81. The molecule has 1 atom stereocenters. The van der Waals surface area contributed by atoms with E-state index < -0.39 is 0 Å². The van der Waals surface area contributed by atoms with Crippen LogP contribution in [-0.2, 0) is 0 Å². The molecule has 1 aromatic heterocycles. The number of anilines is 1. The van der Waals surface area contributed by atoms with Gasteiger partial charge in [-0.2, -0.15) is 4.37 Å². The molecular formula is C15H16ClN3OS. The maximum Gasteiger partial charge on any atom is 0.205 e. The van der Waals surface area contributed by atoms with Crippen LogP contribution in [0.5, 0.6) is 5.75 Å². The Hall–Kier alpha value is -1.33. The monoisotopic (exact) mass is 321 g/mol. The largest absolute Gasteiger partial charge is 0.488 e. The number of rotatable bonds is 4. The lowest BCUT2D eigenvalue weighted by Gasteiger charge is -2.15. The molecule has 0 spiro atoms. The number of benzene rings is 1. The molecule has 1 aliphatic heterocycles. The fourth-order valence-corrected chi connectivity index (χ4v) is 3.55. The maximum absolute atomic E-state index is 6.00. The number of ether oxygens (including phenoxy) is 1. The topological polar surface area (TPSA) is 38.2 Å². The zero-order chi connectivity index (χ0) is 14.2. The standard InChI is InChI=1S/C15H16ClN3OS/c16-11-2-1-3-12(8-11)20-13-6-7-19(9-13)15-17-14(18-21-15)10-4-5-10/h1-3,8,10,13H,4-7,9H2. The number of hydrogen-bond acceptors (Lipinski definition) is 5. The lowest BCUT2D eigenvalue weighted by Crippen LogP contribution is -2.24. The van der Waals surface area contributed by atoms with E-state index in [1.165, 1.54) is 24.4 Å². The van der Waals surface area contributed by atoms with Crippen LogP contribution in [-0.4, -0.2) is 28.6 Å². The Morgan fingerprint density at radius 3 is 3.00 bits per heavy atom. The van der Waals surface area contributed by atoms with E-state index in [1.807, 2.05) is 24.3 Å². The van der Waals surface area contributed by atoms with Crippen molar-refractivity contribution in [3.05, 3.63) is 35.1 Å². The maximum atomic E-state index is 6.00. The van der Waals surface area contributed by atoms with Gasteiger partial charge in [0.2, 0.25) is 5.13 Å². The molecule has 1 saturated heterocycles. The molecule has 21 heavy (non-hydrogen) atoms. The van der Waals surface area contributed by atoms with E-state index in [2.05, 4.69) is 14.3 Å². The van der Waals surface area contributed by atoms with Gasteiger partial charge in [0.25, 0.3) is 0 Å². The van der Waals surface area contributed by atoms with Gasteiger partial charge in [0.1, 0.15) is 17.7 Å². The molecule has 2 fully saturated rings. The van der Waals surface area contributed by atoms with Crippen LogP contribution in [0.4, 0.5) is 5.13 Å². The van der Waals surface area contributed by atoms with Gasteiger partial charge < -0.3 is 9.64 Å². The van der Waals surface area contributed by atoms with Crippen molar-refractivity contribution in [1.29, 1.82) is 0 Å². The lowest BCUT2D eigenvalue weighted by molar-refractivity contribution is 0.225. The molecule has 0 amide bonds. The van der Waals surface area contributed by atoms with Crippen molar-refractivity contribution < 1.29 is 4.74 Å². The summed E-state index contributed by atoms with van der Waals surface area (Å²) in [4.78, 5) is 6.94. The van der Waals surface area contributed by atoms with Crippen molar-refractivity contribution in [1.82, 2.24) is 9.36 Å². The van der Waals surface area contributed by atoms with Gasteiger partial charge in [-0.05, 0) is 31.0 Å². The summed E-state index contributed by atoms with van der Waals surface area (Å²) in [5.74, 6) is 2.50. The van der Waals surface area contributed by atoms with Crippen LogP contribution in [0.25, 0.3) is 0 Å². The number of hydrogen-bond donors (Lipinski definition) is 0. The second-order valence-electron chi connectivity index (χ2n) is 5.64. The summed E-state index contributed by atoms with van der Waals surface area (Å²) in [7, 11) is 0. The average molecular weight is 322 g/mol. The Balaban J connectivity index is 1.39. The first kappa shape index (κ1) is 13.3. The van der Waals surface area contributed by atoms with Gasteiger partial charge in [0.05, 0.1) is 6.54 Å². The Labute approximate surface area is 132 Å². The fraction of sp³-hybridized carbons (Fsp3) is 0.467. The van der Waals surface area contributed by atoms with Crippen molar-refractivity contribution in [2.75, 3.05) is 18.0 Å². The second kappa shape index (κ2) is 5.46. The summed E-state index contributed by atoms with van der Waals surface area (Å²) in [5.41, 5.74) is 0. The van der Waals surface area contributed by atoms with E-state index in [0.717, 1.165) is 36.2 Å². The molecule has 0 radical (unpaired) electrons. The summed E-state index contributed by atoms with van der Waals surface area (Å²) >= 11 is 7.50. The minimum Gasteiger partial charge on any atom is -0.488 e. The third-order valence-corrected chi connectivity index (χ3v) is 4.91. The predicted octanol–water partition coefficient (Wildman–Crippen LogP) is 3.73. The van der Waals surface area contributed by atoms with Gasteiger partial charge in [-0.3, -0.25) is 0 Å². The molecule has 2 aromatic rings. The van der Waals surface area contributed by atoms with E-state index in [4.69, 9.17) is 16.3 Å². The summed E-state index contributed by atoms with van der Waals surface area (Å²) in [6.07, 6.45) is 3.69. The first-order chi connectivity index (χ1) is 10.3. The summed E-state index contributed by atoms with van der Waals surface area (Å²) in [5, 5.41) is 1.75. The van der Waals surface area contributed by atoms with Gasteiger partial charge in [0, 0.05) is 35.4 Å². The molecule has 0 bridgehead atoms.